The summed E-state index contributed by atoms with van der Waals surface area (Å²) in [7, 11) is 0. The molecule has 0 aliphatic heterocycles. The van der Waals surface area contributed by atoms with Gasteiger partial charge in [0, 0.05) is 12.6 Å². The Labute approximate surface area is 92.1 Å². The van der Waals surface area contributed by atoms with Crippen molar-refractivity contribution in [1.29, 1.82) is 0 Å². The topological polar surface area (TPSA) is 46.2 Å². The molecule has 0 unspecified atom stereocenters. The lowest BCUT2D eigenvalue weighted by molar-refractivity contribution is 0.276. The van der Waals surface area contributed by atoms with Gasteiger partial charge in [-0.25, -0.2) is 0 Å². The van der Waals surface area contributed by atoms with Gasteiger partial charge in [-0.2, -0.15) is 0 Å². The minimum Gasteiger partial charge on any atom is -0.396 e. The van der Waals surface area contributed by atoms with Crippen LogP contribution >= 0.6 is 0 Å². The first-order chi connectivity index (χ1) is 7.13. The highest BCUT2D eigenvalue weighted by Gasteiger charge is 2.05. The van der Waals surface area contributed by atoms with E-state index >= 15 is 0 Å². The molecular formula is C13H21NO. The lowest BCUT2D eigenvalue weighted by Crippen LogP contribution is -2.11. The molecule has 1 atom stereocenters. The molecule has 0 spiro atoms. The standard InChI is InChI=1S/C13H21NO/c1-10(2)9-11-3-5-12(6-4-11)13(14)7-8-15/h3-6,10,13,15H,7-9,14H2,1-2H3/t13-/m0/s1. The predicted molar refractivity (Wildman–Crippen MR) is 63.6 cm³/mol. The Morgan fingerprint density at radius 1 is 1.20 bits per heavy atom. The highest BCUT2D eigenvalue weighted by molar-refractivity contribution is 5.25. The van der Waals surface area contributed by atoms with E-state index in [1.165, 1.54) is 5.56 Å². The molecule has 2 heteroatoms. The Hall–Kier alpha value is -0.860. The fourth-order valence-electron chi connectivity index (χ4n) is 1.68. The molecule has 0 saturated heterocycles. The minimum absolute atomic E-state index is 0.0388. The van der Waals surface area contributed by atoms with Crippen molar-refractivity contribution in [2.45, 2.75) is 32.7 Å². The fraction of sp³-hybridized carbons (Fsp3) is 0.538. The van der Waals surface area contributed by atoms with Gasteiger partial charge in [-0.3, -0.25) is 0 Å². The molecule has 0 aromatic heterocycles. The molecule has 0 heterocycles. The second-order valence-electron chi connectivity index (χ2n) is 4.46. The summed E-state index contributed by atoms with van der Waals surface area (Å²) in [5, 5.41) is 8.79. The zero-order valence-electron chi connectivity index (χ0n) is 9.61. The molecule has 0 radical (unpaired) electrons. The zero-order chi connectivity index (χ0) is 11.3. The van der Waals surface area contributed by atoms with Gasteiger partial charge in [0.1, 0.15) is 0 Å². The summed E-state index contributed by atoms with van der Waals surface area (Å²) in [6.07, 6.45) is 1.74. The van der Waals surface area contributed by atoms with E-state index in [4.69, 9.17) is 10.8 Å². The third kappa shape index (κ3) is 4.02. The summed E-state index contributed by atoms with van der Waals surface area (Å²) in [6.45, 7) is 4.58. The summed E-state index contributed by atoms with van der Waals surface area (Å²) >= 11 is 0. The summed E-state index contributed by atoms with van der Waals surface area (Å²) in [4.78, 5) is 0. The maximum absolute atomic E-state index is 8.79. The van der Waals surface area contributed by atoms with Crippen LogP contribution in [0.2, 0.25) is 0 Å². The van der Waals surface area contributed by atoms with Crippen LogP contribution in [0.15, 0.2) is 24.3 Å². The Morgan fingerprint density at radius 3 is 2.27 bits per heavy atom. The van der Waals surface area contributed by atoms with E-state index in [2.05, 4.69) is 38.1 Å². The second kappa shape index (κ2) is 5.89. The highest BCUT2D eigenvalue weighted by atomic mass is 16.3. The van der Waals surface area contributed by atoms with E-state index in [9.17, 15) is 0 Å². The minimum atomic E-state index is -0.0388. The van der Waals surface area contributed by atoms with Crippen molar-refractivity contribution >= 4 is 0 Å². The van der Waals surface area contributed by atoms with Crippen molar-refractivity contribution in [3.63, 3.8) is 0 Å². The van der Waals surface area contributed by atoms with Crippen molar-refractivity contribution < 1.29 is 5.11 Å². The summed E-state index contributed by atoms with van der Waals surface area (Å²) in [5.74, 6) is 0.682. The smallest absolute Gasteiger partial charge is 0.0449 e. The maximum atomic E-state index is 8.79. The lowest BCUT2D eigenvalue weighted by atomic mass is 9.99. The molecule has 1 aromatic carbocycles. The van der Waals surface area contributed by atoms with Crippen molar-refractivity contribution in [1.82, 2.24) is 0 Å². The van der Waals surface area contributed by atoms with Gasteiger partial charge in [0.15, 0.2) is 0 Å². The molecule has 0 fully saturated rings. The first-order valence-electron chi connectivity index (χ1n) is 5.58. The van der Waals surface area contributed by atoms with Crippen LogP contribution < -0.4 is 5.73 Å². The van der Waals surface area contributed by atoms with Crippen molar-refractivity contribution in [3.8, 4) is 0 Å². The van der Waals surface area contributed by atoms with Crippen LogP contribution in [-0.2, 0) is 6.42 Å². The molecule has 2 nitrogen and oxygen atoms in total. The van der Waals surface area contributed by atoms with Gasteiger partial charge >= 0.3 is 0 Å². The second-order valence-corrected chi connectivity index (χ2v) is 4.46. The van der Waals surface area contributed by atoms with Gasteiger partial charge in [0.05, 0.1) is 0 Å². The SMILES string of the molecule is CC(C)Cc1ccc([C@@H](N)CCO)cc1. The molecule has 84 valence electrons. The Balaban J connectivity index is 2.63. The lowest BCUT2D eigenvalue weighted by Gasteiger charge is -2.11. The van der Waals surface area contributed by atoms with E-state index < -0.39 is 0 Å². The molecule has 1 rings (SSSR count). The van der Waals surface area contributed by atoms with Crippen molar-refractivity contribution in [3.05, 3.63) is 35.4 Å². The number of aliphatic hydroxyl groups excluding tert-OH is 1. The van der Waals surface area contributed by atoms with E-state index in [-0.39, 0.29) is 12.6 Å². The Kier molecular flexibility index (Phi) is 4.79. The molecule has 3 N–H and O–H groups in total. The van der Waals surface area contributed by atoms with Crippen LogP contribution in [0, 0.1) is 5.92 Å². The monoisotopic (exact) mass is 207 g/mol. The van der Waals surface area contributed by atoms with Crippen LogP contribution in [0.5, 0.6) is 0 Å². The van der Waals surface area contributed by atoms with Gasteiger partial charge in [0.2, 0.25) is 0 Å². The average Bonchev–Trinajstić information content (AvgIpc) is 2.18. The van der Waals surface area contributed by atoms with E-state index in [1.54, 1.807) is 0 Å². The highest BCUT2D eigenvalue weighted by Crippen LogP contribution is 2.16. The first kappa shape index (κ1) is 12.2. The molecule has 0 saturated carbocycles. The number of hydrogen-bond acceptors (Lipinski definition) is 2. The van der Waals surface area contributed by atoms with Gasteiger partial charge in [-0.05, 0) is 29.9 Å². The Morgan fingerprint density at radius 2 is 1.80 bits per heavy atom. The zero-order valence-corrected chi connectivity index (χ0v) is 9.61. The maximum Gasteiger partial charge on any atom is 0.0449 e. The first-order valence-corrected chi connectivity index (χ1v) is 5.58. The van der Waals surface area contributed by atoms with Crippen LogP contribution in [0.3, 0.4) is 0 Å². The van der Waals surface area contributed by atoms with Crippen LogP contribution in [0.4, 0.5) is 0 Å². The van der Waals surface area contributed by atoms with Gasteiger partial charge in [-0.15, -0.1) is 0 Å². The molecule has 0 amide bonds. The molecule has 0 aliphatic carbocycles. The largest absolute Gasteiger partial charge is 0.396 e. The fourth-order valence-corrected chi connectivity index (χ4v) is 1.68. The predicted octanol–water partition coefficient (Wildman–Crippen LogP) is 2.27. The van der Waals surface area contributed by atoms with E-state index in [0.717, 1.165) is 12.0 Å². The Bertz CT molecular complexity index is 279. The van der Waals surface area contributed by atoms with E-state index in [0.29, 0.717) is 12.3 Å². The van der Waals surface area contributed by atoms with Gasteiger partial charge < -0.3 is 10.8 Å². The average molecular weight is 207 g/mol. The normalized spacial score (nSPS) is 13.1. The van der Waals surface area contributed by atoms with Crippen molar-refractivity contribution in [2.75, 3.05) is 6.61 Å². The van der Waals surface area contributed by atoms with Crippen molar-refractivity contribution in [2.24, 2.45) is 11.7 Å². The van der Waals surface area contributed by atoms with Crippen LogP contribution in [0.1, 0.15) is 37.4 Å². The molecule has 1 aromatic rings. The summed E-state index contributed by atoms with van der Waals surface area (Å²) in [6, 6.07) is 8.36. The quantitative estimate of drug-likeness (QED) is 0.778. The number of aliphatic hydroxyl groups is 1. The third-order valence-electron chi connectivity index (χ3n) is 2.49. The van der Waals surface area contributed by atoms with Gasteiger partial charge in [-0.1, -0.05) is 38.1 Å². The molecule has 0 aliphatic rings. The number of benzene rings is 1. The number of rotatable bonds is 5. The summed E-state index contributed by atoms with van der Waals surface area (Å²) < 4.78 is 0. The van der Waals surface area contributed by atoms with Crippen LogP contribution in [-0.4, -0.2) is 11.7 Å². The van der Waals surface area contributed by atoms with E-state index in [1.807, 2.05) is 0 Å². The molecular weight excluding hydrogens is 186 g/mol. The number of nitrogens with two attached hydrogens (primary N) is 1. The number of hydrogen-bond donors (Lipinski definition) is 2. The van der Waals surface area contributed by atoms with Gasteiger partial charge in [0.25, 0.3) is 0 Å². The third-order valence-corrected chi connectivity index (χ3v) is 2.49. The molecule has 15 heavy (non-hydrogen) atoms. The van der Waals surface area contributed by atoms with Crippen LogP contribution in [0.25, 0.3) is 0 Å². The summed E-state index contributed by atoms with van der Waals surface area (Å²) in [5.41, 5.74) is 8.36. The molecule has 0 bridgehead atoms.